The molecule has 0 radical (unpaired) electrons. The molecule has 1 aliphatic carbocycles. The minimum atomic E-state index is -0.0243. The molecular weight excluding hydrogens is 366 g/mol. The molecule has 3 heterocycles. The van der Waals surface area contributed by atoms with Crippen LogP contribution < -0.4 is 15.8 Å². The Kier molecular flexibility index (Phi) is 6.22. The third-order valence-corrected chi connectivity index (χ3v) is 5.77. The van der Waals surface area contributed by atoms with E-state index >= 15 is 0 Å². The molecular formula is C22H29N5O2. The molecule has 0 aromatic carbocycles. The molecule has 1 unspecified atom stereocenters. The van der Waals surface area contributed by atoms with Crippen LogP contribution in [0.3, 0.4) is 0 Å². The first-order valence-corrected chi connectivity index (χ1v) is 10.7. The summed E-state index contributed by atoms with van der Waals surface area (Å²) in [5.41, 5.74) is 1.84. The van der Waals surface area contributed by atoms with Crippen LogP contribution in [0.15, 0.2) is 41.5 Å². The average Bonchev–Trinajstić information content (AvgIpc) is 3.55. The first kappa shape index (κ1) is 19.6. The third kappa shape index (κ3) is 5.65. The highest BCUT2D eigenvalue weighted by atomic mass is 16.1. The van der Waals surface area contributed by atoms with Crippen molar-refractivity contribution in [3.63, 3.8) is 0 Å². The Labute approximate surface area is 171 Å². The Hall–Kier alpha value is -2.70. The molecule has 7 heteroatoms. The van der Waals surface area contributed by atoms with Gasteiger partial charge in [0.1, 0.15) is 0 Å². The highest BCUT2D eigenvalue weighted by molar-refractivity contribution is 5.76. The number of pyridine rings is 1. The van der Waals surface area contributed by atoms with E-state index in [1.807, 2.05) is 18.2 Å². The van der Waals surface area contributed by atoms with Crippen LogP contribution in [-0.4, -0.2) is 40.3 Å². The molecule has 1 saturated carbocycles. The van der Waals surface area contributed by atoms with Crippen LogP contribution in [-0.2, 0) is 17.8 Å². The van der Waals surface area contributed by atoms with Gasteiger partial charge in [0.2, 0.25) is 5.91 Å². The van der Waals surface area contributed by atoms with Crippen molar-refractivity contribution in [2.75, 3.05) is 24.5 Å². The second-order valence-corrected chi connectivity index (χ2v) is 8.26. The van der Waals surface area contributed by atoms with Crippen molar-refractivity contribution < 1.29 is 4.79 Å². The van der Waals surface area contributed by atoms with Gasteiger partial charge in [0.25, 0.3) is 5.56 Å². The van der Waals surface area contributed by atoms with E-state index in [-0.39, 0.29) is 11.5 Å². The van der Waals surface area contributed by atoms with Crippen molar-refractivity contribution in [3.05, 3.63) is 52.7 Å². The lowest BCUT2D eigenvalue weighted by atomic mass is 9.94. The van der Waals surface area contributed by atoms with E-state index in [1.165, 1.54) is 12.8 Å². The van der Waals surface area contributed by atoms with Crippen molar-refractivity contribution in [3.8, 4) is 0 Å². The predicted molar refractivity (Wildman–Crippen MR) is 112 cm³/mol. The number of nitrogens with zero attached hydrogens (tertiary/aromatic N) is 4. The number of aromatic nitrogens is 3. The molecule has 2 aliphatic rings. The van der Waals surface area contributed by atoms with E-state index in [0.29, 0.717) is 24.8 Å². The van der Waals surface area contributed by atoms with E-state index in [4.69, 9.17) is 0 Å². The molecule has 1 atom stereocenters. The van der Waals surface area contributed by atoms with Gasteiger partial charge < -0.3 is 10.2 Å². The van der Waals surface area contributed by atoms with Gasteiger partial charge in [-0.15, -0.1) is 0 Å². The Morgan fingerprint density at radius 2 is 2.10 bits per heavy atom. The molecule has 1 saturated heterocycles. The Balaban J connectivity index is 1.26. The zero-order valence-corrected chi connectivity index (χ0v) is 16.8. The molecule has 1 N–H and O–H groups in total. The number of hydrogen-bond acceptors (Lipinski definition) is 5. The maximum atomic E-state index is 12.3. The van der Waals surface area contributed by atoms with Gasteiger partial charge in [-0.05, 0) is 49.7 Å². The van der Waals surface area contributed by atoms with Gasteiger partial charge in [-0.1, -0.05) is 6.07 Å². The summed E-state index contributed by atoms with van der Waals surface area (Å²) in [6.45, 7) is 3.04. The quantitative estimate of drug-likeness (QED) is 0.740. The zero-order valence-electron chi connectivity index (χ0n) is 16.8. The van der Waals surface area contributed by atoms with Crippen LogP contribution in [0.5, 0.6) is 0 Å². The molecule has 4 rings (SSSR count). The van der Waals surface area contributed by atoms with Crippen LogP contribution in [0.25, 0.3) is 0 Å². The normalized spacial score (nSPS) is 19.2. The molecule has 2 aromatic rings. The lowest BCUT2D eigenvalue weighted by molar-refractivity contribution is -0.122. The van der Waals surface area contributed by atoms with Crippen LogP contribution in [0, 0.1) is 11.8 Å². The largest absolute Gasteiger partial charge is 0.370 e. The average molecular weight is 396 g/mol. The van der Waals surface area contributed by atoms with Crippen LogP contribution in [0.2, 0.25) is 0 Å². The van der Waals surface area contributed by atoms with E-state index in [2.05, 4.69) is 20.3 Å². The van der Waals surface area contributed by atoms with Crippen LogP contribution >= 0.6 is 0 Å². The first-order valence-electron chi connectivity index (χ1n) is 10.7. The van der Waals surface area contributed by atoms with Crippen molar-refractivity contribution in [2.24, 2.45) is 11.8 Å². The van der Waals surface area contributed by atoms with Crippen molar-refractivity contribution in [2.45, 2.75) is 45.1 Å². The van der Waals surface area contributed by atoms with Crippen molar-refractivity contribution >= 4 is 11.6 Å². The number of hydrogen-bond donors (Lipinski definition) is 1. The lowest BCUT2D eigenvalue weighted by Crippen LogP contribution is -2.39. The molecule has 0 bridgehead atoms. The molecule has 7 nitrogen and oxygen atoms in total. The summed E-state index contributed by atoms with van der Waals surface area (Å²) >= 11 is 0. The van der Waals surface area contributed by atoms with E-state index in [1.54, 1.807) is 23.1 Å². The van der Waals surface area contributed by atoms with E-state index in [9.17, 15) is 9.59 Å². The SMILES string of the molecule is O=C(CC1CCCN(c2cnn(CC3CC3)c(=O)c2)C1)NCCc1ccccn1. The molecule has 0 spiro atoms. The third-order valence-electron chi connectivity index (χ3n) is 5.77. The van der Waals surface area contributed by atoms with Gasteiger partial charge in [0.05, 0.1) is 11.9 Å². The number of carbonyl (C=O) groups excluding carboxylic acids is 1. The van der Waals surface area contributed by atoms with Gasteiger partial charge in [0.15, 0.2) is 0 Å². The van der Waals surface area contributed by atoms with Crippen molar-refractivity contribution in [1.29, 1.82) is 0 Å². The van der Waals surface area contributed by atoms with Gasteiger partial charge in [-0.25, -0.2) is 4.68 Å². The monoisotopic (exact) mass is 395 g/mol. The molecule has 29 heavy (non-hydrogen) atoms. The maximum absolute atomic E-state index is 12.3. The number of carbonyl (C=O) groups is 1. The Morgan fingerprint density at radius 1 is 1.21 bits per heavy atom. The fourth-order valence-corrected chi connectivity index (χ4v) is 3.96. The summed E-state index contributed by atoms with van der Waals surface area (Å²) in [6.07, 6.45) is 9.30. The van der Waals surface area contributed by atoms with E-state index < -0.39 is 0 Å². The summed E-state index contributed by atoms with van der Waals surface area (Å²) in [5.74, 6) is 1.01. The van der Waals surface area contributed by atoms with Gasteiger partial charge in [-0.3, -0.25) is 14.6 Å². The molecule has 2 fully saturated rings. The second-order valence-electron chi connectivity index (χ2n) is 8.26. The summed E-state index contributed by atoms with van der Waals surface area (Å²) in [5, 5.41) is 7.38. The standard InChI is InChI=1S/C22H29N5O2/c28-21(24-10-8-19-5-1-2-9-23-19)12-18-4-3-11-26(15-18)20-13-22(29)27(25-14-20)16-17-6-7-17/h1-2,5,9,13-14,17-18H,3-4,6-8,10-12,15-16H2,(H,24,28). The predicted octanol–water partition coefficient (Wildman–Crippen LogP) is 2.01. The molecule has 1 aliphatic heterocycles. The minimum Gasteiger partial charge on any atom is -0.370 e. The smallest absolute Gasteiger partial charge is 0.268 e. The highest BCUT2D eigenvalue weighted by Gasteiger charge is 2.25. The number of nitrogens with one attached hydrogen (secondary N) is 1. The summed E-state index contributed by atoms with van der Waals surface area (Å²) < 4.78 is 1.58. The fraction of sp³-hybridized carbons (Fsp3) is 0.545. The molecule has 154 valence electrons. The molecule has 2 aromatic heterocycles. The van der Waals surface area contributed by atoms with Crippen LogP contribution in [0.4, 0.5) is 5.69 Å². The Morgan fingerprint density at radius 3 is 2.86 bits per heavy atom. The van der Waals surface area contributed by atoms with Gasteiger partial charge in [0, 0.05) is 57.0 Å². The van der Waals surface area contributed by atoms with Crippen molar-refractivity contribution in [1.82, 2.24) is 20.1 Å². The van der Waals surface area contributed by atoms with Gasteiger partial charge >= 0.3 is 0 Å². The summed E-state index contributed by atoms with van der Waals surface area (Å²) in [6, 6.07) is 7.52. The van der Waals surface area contributed by atoms with E-state index in [0.717, 1.165) is 50.3 Å². The van der Waals surface area contributed by atoms with Gasteiger partial charge in [-0.2, -0.15) is 5.10 Å². The summed E-state index contributed by atoms with van der Waals surface area (Å²) in [4.78, 5) is 31.2. The minimum absolute atomic E-state index is 0.0243. The van der Waals surface area contributed by atoms with Crippen LogP contribution in [0.1, 0.15) is 37.8 Å². The number of rotatable bonds is 8. The second kappa shape index (κ2) is 9.20. The zero-order chi connectivity index (χ0) is 20.1. The lowest BCUT2D eigenvalue weighted by Gasteiger charge is -2.34. The first-order chi connectivity index (χ1) is 14.2. The summed E-state index contributed by atoms with van der Waals surface area (Å²) in [7, 11) is 0. The maximum Gasteiger partial charge on any atom is 0.268 e. The number of amides is 1. The Bertz CT molecular complexity index is 878. The topological polar surface area (TPSA) is 80.1 Å². The fourth-order valence-electron chi connectivity index (χ4n) is 3.96. The molecule has 1 amide bonds. The number of piperidine rings is 1. The number of anilines is 1. The highest BCUT2D eigenvalue weighted by Crippen LogP contribution is 2.30.